The molecule has 2 fully saturated rings. The lowest BCUT2D eigenvalue weighted by molar-refractivity contribution is -0.130. The summed E-state index contributed by atoms with van der Waals surface area (Å²) in [5.74, 6) is 2.18. The van der Waals surface area contributed by atoms with Crippen LogP contribution in [0.1, 0.15) is 62.0 Å². The van der Waals surface area contributed by atoms with Gasteiger partial charge in [0.25, 0.3) is 0 Å². The third-order valence-corrected chi connectivity index (χ3v) is 7.85. The van der Waals surface area contributed by atoms with Crippen molar-refractivity contribution in [3.63, 3.8) is 0 Å². The summed E-state index contributed by atoms with van der Waals surface area (Å²) in [6.45, 7) is 6.63. The van der Waals surface area contributed by atoms with Gasteiger partial charge in [-0.15, -0.1) is 0 Å². The Labute approximate surface area is 199 Å². The van der Waals surface area contributed by atoms with Crippen molar-refractivity contribution in [1.82, 2.24) is 24.5 Å². The standard InChI is InChI=1S/C26H30N6O2/c1-26(2)20-6-5-17(14-18(20)16-21(26)33)15-22-28-25-24(27-9-13-32(25)29-22)30-11-7-19(8-12-30)31-10-3-4-23(31)34/h5-6,9,13-14,19H,3-4,7-8,10-12,15-16H2,1-2H3. The number of Topliss-reactive ketones (excluding diaryl/α,β-unsaturated/α-hetero) is 1. The summed E-state index contributed by atoms with van der Waals surface area (Å²) >= 11 is 0. The monoisotopic (exact) mass is 458 g/mol. The van der Waals surface area contributed by atoms with Gasteiger partial charge in [-0.3, -0.25) is 9.59 Å². The molecular formula is C26H30N6O2. The Morgan fingerprint density at radius 1 is 1.12 bits per heavy atom. The molecule has 0 spiro atoms. The molecule has 0 bridgehead atoms. The number of likely N-dealkylation sites (tertiary alicyclic amines) is 1. The van der Waals surface area contributed by atoms with Crippen LogP contribution in [0.4, 0.5) is 5.82 Å². The molecule has 0 N–H and O–H groups in total. The molecule has 1 aliphatic carbocycles. The van der Waals surface area contributed by atoms with E-state index in [1.165, 1.54) is 0 Å². The second-order valence-electron chi connectivity index (χ2n) is 10.3. The van der Waals surface area contributed by atoms with Crippen molar-refractivity contribution in [3.05, 3.63) is 53.1 Å². The molecule has 2 saturated heterocycles. The number of benzene rings is 1. The van der Waals surface area contributed by atoms with E-state index in [1.807, 2.05) is 24.6 Å². The summed E-state index contributed by atoms with van der Waals surface area (Å²) in [7, 11) is 0. The Morgan fingerprint density at radius 3 is 2.71 bits per heavy atom. The summed E-state index contributed by atoms with van der Waals surface area (Å²) in [6, 6.07) is 6.66. The smallest absolute Gasteiger partial charge is 0.222 e. The van der Waals surface area contributed by atoms with Crippen LogP contribution in [0.2, 0.25) is 0 Å². The highest BCUT2D eigenvalue weighted by Gasteiger charge is 2.38. The SMILES string of the molecule is CC1(C)C(=O)Cc2cc(Cc3nc4c(N5CCC(N6CCCC6=O)CC5)nccn4n3)ccc21. The van der Waals surface area contributed by atoms with Crippen LogP contribution in [-0.4, -0.2) is 61.8 Å². The molecule has 0 radical (unpaired) electrons. The summed E-state index contributed by atoms with van der Waals surface area (Å²) in [6.07, 6.45) is 8.33. The highest BCUT2D eigenvalue weighted by atomic mass is 16.2. The second-order valence-corrected chi connectivity index (χ2v) is 10.3. The van der Waals surface area contributed by atoms with E-state index in [-0.39, 0.29) is 5.78 Å². The van der Waals surface area contributed by atoms with E-state index < -0.39 is 5.41 Å². The van der Waals surface area contributed by atoms with E-state index in [1.54, 1.807) is 6.20 Å². The van der Waals surface area contributed by atoms with Gasteiger partial charge < -0.3 is 9.80 Å². The van der Waals surface area contributed by atoms with Gasteiger partial charge in [0.05, 0.1) is 0 Å². The summed E-state index contributed by atoms with van der Waals surface area (Å²) in [5.41, 5.74) is 3.75. The number of rotatable bonds is 4. The van der Waals surface area contributed by atoms with Crippen molar-refractivity contribution in [2.45, 2.75) is 63.8 Å². The van der Waals surface area contributed by atoms with Crippen LogP contribution in [0, 0.1) is 0 Å². The lowest BCUT2D eigenvalue weighted by atomic mass is 9.85. The largest absolute Gasteiger partial charge is 0.353 e. The fourth-order valence-electron chi connectivity index (χ4n) is 5.83. The Bertz CT molecular complexity index is 1290. The molecular weight excluding hydrogens is 428 g/mol. The van der Waals surface area contributed by atoms with Crippen LogP contribution in [0.15, 0.2) is 30.6 Å². The average Bonchev–Trinajstić information content (AvgIpc) is 3.49. The van der Waals surface area contributed by atoms with Crippen LogP contribution < -0.4 is 4.90 Å². The van der Waals surface area contributed by atoms with Gasteiger partial charge in [-0.2, -0.15) is 5.10 Å². The second kappa shape index (κ2) is 7.89. The first-order chi connectivity index (χ1) is 16.4. The maximum atomic E-state index is 12.4. The molecule has 4 heterocycles. The van der Waals surface area contributed by atoms with Crippen molar-refractivity contribution < 1.29 is 9.59 Å². The Balaban J connectivity index is 1.21. The van der Waals surface area contributed by atoms with Crippen LogP contribution in [0.3, 0.4) is 0 Å². The highest BCUT2D eigenvalue weighted by Crippen LogP contribution is 2.36. The molecule has 8 nitrogen and oxygen atoms in total. The number of aromatic nitrogens is 4. The van der Waals surface area contributed by atoms with Gasteiger partial charge in [-0.1, -0.05) is 18.2 Å². The van der Waals surface area contributed by atoms with E-state index >= 15 is 0 Å². The molecule has 0 saturated carbocycles. The van der Waals surface area contributed by atoms with E-state index in [0.29, 0.717) is 31.2 Å². The number of carbonyl (C=O) groups excluding carboxylic acids is 2. The van der Waals surface area contributed by atoms with Crippen molar-refractivity contribution in [2.75, 3.05) is 24.5 Å². The number of piperidine rings is 1. The van der Waals surface area contributed by atoms with Crippen LogP contribution in [0.5, 0.6) is 0 Å². The third-order valence-electron chi connectivity index (χ3n) is 7.85. The number of hydrogen-bond acceptors (Lipinski definition) is 6. The molecule has 8 heteroatoms. The minimum atomic E-state index is -0.398. The lowest BCUT2D eigenvalue weighted by Gasteiger charge is -2.37. The zero-order chi connectivity index (χ0) is 23.4. The van der Waals surface area contributed by atoms with Gasteiger partial charge in [-0.25, -0.2) is 14.5 Å². The van der Waals surface area contributed by atoms with Gasteiger partial charge >= 0.3 is 0 Å². The number of hydrogen-bond donors (Lipinski definition) is 0. The van der Waals surface area contributed by atoms with E-state index in [0.717, 1.165) is 72.9 Å². The molecule has 2 aliphatic heterocycles. The molecule has 1 aromatic carbocycles. The maximum absolute atomic E-state index is 12.4. The van der Waals surface area contributed by atoms with Crippen molar-refractivity contribution >= 4 is 23.2 Å². The first kappa shape index (κ1) is 21.3. The fraction of sp³-hybridized carbons (Fsp3) is 0.500. The number of fused-ring (bicyclic) bond motifs is 2. The molecule has 0 unspecified atom stereocenters. The van der Waals surface area contributed by atoms with Gasteiger partial charge in [0.1, 0.15) is 5.78 Å². The first-order valence-electron chi connectivity index (χ1n) is 12.3. The van der Waals surface area contributed by atoms with Gasteiger partial charge in [-0.05, 0) is 49.8 Å². The zero-order valence-corrected chi connectivity index (χ0v) is 19.8. The summed E-state index contributed by atoms with van der Waals surface area (Å²) < 4.78 is 1.81. The number of nitrogens with zero attached hydrogens (tertiary/aromatic N) is 6. The number of ketones is 1. The Morgan fingerprint density at radius 2 is 1.94 bits per heavy atom. The van der Waals surface area contributed by atoms with E-state index in [4.69, 9.17) is 10.1 Å². The van der Waals surface area contributed by atoms with Crippen LogP contribution in [0.25, 0.3) is 5.65 Å². The third kappa shape index (κ3) is 3.47. The van der Waals surface area contributed by atoms with Crippen molar-refractivity contribution in [1.29, 1.82) is 0 Å². The Hall–Kier alpha value is -3.29. The Kier molecular flexibility index (Phi) is 4.93. The molecule has 176 valence electrons. The molecule has 3 aromatic rings. The normalized spacial score (nSPS) is 20.5. The molecule has 6 rings (SSSR count). The van der Waals surface area contributed by atoms with Gasteiger partial charge in [0.2, 0.25) is 5.91 Å². The summed E-state index contributed by atoms with van der Waals surface area (Å²) in [4.78, 5) is 38.3. The predicted molar refractivity (Wildman–Crippen MR) is 128 cm³/mol. The lowest BCUT2D eigenvalue weighted by Crippen LogP contribution is -2.45. The first-order valence-corrected chi connectivity index (χ1v) is 12.3. The molecule has 34 heavy (non-hydrogen) atoms. The topological polar surface area (TPSA) is 83.7 Å². The zero-order valence-electron chi connectivity index (χ0n) is 19.8. The molecule has 3 aliphatic rings. The fourth-order valence-corrected chi connectivity index (χ4v) is 5.83. The van der Waals surface area contributed by atoms with Crippen molar-refractivity contribution in [3.8, 4) is 0 Å². The van der Waals surface area contributed by atoms with Crippen LogP contribution >= 0.6 is 0 Å². The highest BCUT2D eigenvalue weighted by molar-refractivity contribution is 5.95. The van der Waals surface area contributed by atoms with Gasteiger partial charge in [0.15, 0.2) is 17.3 Å². The number of carbonyl (C=O) groups is 2. The minimum absolute atomic E-state index is 0.277. The molecule has 0 atom stereocenters. The van der Waals surface area contributed by atoms with E-state index in [9.17, 15) is 9.59 Å². The quantitative estimate of drug-likeness (QED) is 0.598. The van der Waals surface area contributed by atoms with Gasteiger partial charge in [0, 0.05) is 62.7 Å². The molecule has 1 amide bonds. The number of amides is 1. The minimum Gasteiger partial charge on any atom is -0.353 e. The average molecular weight is 459 g/mol. The molecule has 2 aromatic heterocycles. The summed E-state index contributed by atoms with van der Waals surface area (Å²) in [5, 5.41) is 4.71. The predicted octanol–water partition coefficient (Wildman–Crippen LogP) is 2.71. The van der Waals surface area contributed by atoms with Crippen molar-refractivity contribution in [2.24, 2.45) is 0 Å². The number of anilines is 1. The van der Waals surface area contributed by atoms with Crippen LogP contribution in [-0.2, 0) is 27.8 Å². The van der Waals surface area contributed by atoms with E-state index in [2.05, 4.69) is 33.0 Å². The maximum Gasteiger partial charge on any atom is 0.222 e.